The SMILES string of the molecule is CC[C@H](C(=O)NC1CCCC1)N(Cc1ccc(C)cc1)C(=O)CN(c1ccc(Cl)c(C(F)(F)F)c1)S(=O)(=O)c1ccc(C)cc1. The third kappa shape index (κ3) is 8.38. The molecule has 242 valence electrons. The number of alkyl halides is 3. The van der Waals surface area contributed by atoms with Crippen molar-refractivity contribution < 1.29 is 31.2 Å². The highest BCUT2D eigenvalue weighted by Gasteiger charge is 2.37. The number of nitrogens with one attached hydrogen (secondary N) is 1. The molecule has 1 atom stereocenters. The van der Waals surface area contributed by atoms with Crippen LogP contribution in [0.5, 0.6) is 0 Å². The largest absolute Gasteiger partial charge is 0.417 e. The van der Waals surface area contributed by atoms with Crippen LogP contribution < -0.4 is 9.62 Å². The maximum absolute atomic E-state index is 14.2. The number of aryl methyl sites for hydroxylation is 2. The van der Waals surface area contributed by atoms with Crippen LogP contribution in [0, 0.1) is 13.8 Å². The smallest absolute Gasteiger partial charge is 0.352 e. The first-order chi connectivity index (χ1) is 21.2. The fourth-order valence-electron chi connectivity index (χ4n) is 5.43. The quantitative estimate of drug-likeness (QED) is 0.239. The Bertz CT molecular complexity index is 1610. The number of benzene rings is 3. The summed E-state index contributed by atoms with van der Waals surface area (Å²) in [6.45, 7) is 4.56. The molecule has 0 aromatic heterocycles. The van der Waals surface area contributed by atoms with E-state index in [9.17, 15) is 31.2 Å². The molecule has 0 spiro atoms. The first-order valence-corrected chi connectivity index (χ1v) is 16.6. The molecule has 0 unspecified atom stereocenters. The number of hydrogen-bond donors (Lipinski definition) is 1. The number of anilines is 1. The van der Waals surface area contributed by atoms with Crippen LogP contribution in [0.1, 0.15) is 61.3 Å². The van der Waals surface area contributed by atoms with Gasteiger partial charge in [0.1, 0.15) is 12.6 Å². The van der Waals surface area contributed by atoms with Crippen LogP contribution in [0.25, 0.3) is 0 Å². The summed E-state index contributed by atoms with van der Waals surface area (Å²) in [5, 5.41) is 2.42. The van der Waals surface area contributed by atoms with Gasteiger partial charge < -0.3 is 10.2 Å². The lowest BCUT2D eigenvalue weighted by molar-refractivity contribution is -0.140. The summed E-state index contributed by atoms with van der Waals surface area (Å²) in [5.41, 5.74) is 0.836. The fraction of sp³-hybridized carbons (Fsp3) is 0.394. The minimum atomic E-state index is -4.88. The highest BCUT2D eigenvalue weighted by atomic mass is 35.5. The first-order valence-electron chi connectivity index (χ1n) is 14.8. The normalized spacial score (nSPS) is 14.6. The van der Waals surface area contributed by atoms with Gasteiger partial charge in [-0.25, -0.2) is 8.42 Å². The van der Waals surface area contributed by atoms with Gasteiger partial charge in [-0.2, -0.15) is 13.2 Å². The molecule has 3 aromatic rings. The molecule has 45 heavy (non-hydrogen) atoms. The van der Waals surface area contributed by atoms with Gasteiger partial charge in [-0.3, -0.25) is 13.9 Å². The molecule has 12 heteroatoms. The molecule has 0 aliphatic heterocycles. The van der Waals surface area contributed by atoms with Crippen molar-refractivity contribution in [1.29, 1.82) is 0 Å². The number of amides is 2. The van der Waals surface area contributed by atoms with Crippen molar-refractivity contribution in [2.75, 3.05) is 10.8 Å². The maximum Gasteiger partial charge on any atom is 0.417 e. The molecule has 3 aromatic carbocycles. The molecule has 0 bridgehead atoms. The third-order valence-corrected chi connectivity index (χ3v) is 10.1. The van der Waals surface area contributed by atoms with E-state index in [1.807, 2.05) is 31.2 Å². The number of hydrogen-bond acceptors (Lipinski definition) is 4. The van der Waals surface area contributed by atoms with E-state index >= 15 is 0 Å². The van der Waals surface area contributed by atoms with Gasteiger partial charge in [-0.1, -0.05) is 78.9 Å². The van der Waals surface area contributed by atoms with Crippen molar-refractivity contribution in [3.8, 4) is 0 Å². The second-order valence-electron chi connectivity index (χ2n) is 11.4. The zero-order chi connectivity index (χ0) is 32.9. The zero-order valence-electron chi connectivity index (χ0n) is 25.4. The van der Waals surface area contributed by atoms with Crippen molar-refractivity contribution in [2.45, 2.75) is 82.6 Å². The Balaban J connectivity index is 1.78. The molecule has 0 heterocycles. The summed E-state index contributed by atoms with van der Waals surface area (Å²) >= 11 is 5.85. The average molecular weight is 664 g/mol. The minimum Gasteiger partial charge on any atom is -0.352 e. The second-order valence-corrected chi connectivity index (χ2v) is 13.7. The number of carbonyl (C=O) groups excluding carboxylic acids is 2. The topological polar surface area (TPSA) is 86.8 Å². The predicted molar refractivity (Wildman–Crippen MR) is 168 cm³/mol. The standard InChI is InChI=1S/C33H37ClF3N3O4S/c1-4-30(32(42)38-25-7-5-6-8-25)39(20-24-13-9-22(2)10-14-24)31(41)21-40(45(43,44)27-16-11-23(3)12-17-27)26-15-18-29(34)28(19-26)33(35,36)37/h9-19,25,30H,4-8,20-21H2,1-3H3,(H,38,42)/t30-/m1/s1. The average Bonchev–Trinajstić information content (AvgIpc) is 3.49. The van der Waals surface area contributed by atoms with Crippen molar-refractivity contribution in [1.82, 2.24) is 10.2 Å². The number of halogens is 4. The van der Waals surface area contributed by atoms with Gasteiger partial charge >= 0.3 is 6.18 Å². The van der Waals surface area contributed by atoms with Gasteiger partial charge in [-0.05, 0) is 69.0 Å². The van der Waals surface area contributed by atoms with E-state index in [2.05, 4.69) is 5.32 Å². The van der Waals surface area contributed by atoms with Gasteiger partial charge in [0.05, 0.1) is 21.2 Å². The predicted octanol–water partition coefficient (Wildman–Crippen LogP) is 7.04. The summed E-state index contributed by atoms with van der Waals surface area (Å²) in [5.74, 6) is -1.10. The third-order valence-electron chi connectivity index (χ3n) is 7.99. The lowest BCUT2D eigenvalue weighted by Gasteiger charge is -2.34. The first kappa shape index (κ1) is 34.3. The Labute approximate surface area is 267 Å². The van der Waals surface area contributed by atoms with Crippen LogP contribution >= 0.6 is 11.6 Å². The minimum absolute atomic E-state index is 0.0114. The van der Waals surface area contributed by atoms with Crippen LogP contribution in [-0.2, 0) is 32.3 Å². The zero-order valence-corrected chi connectivity index (χ0v) is 27.0. The Hall–Kier alpha value is -3.57. The van der Waals surface area contributed by atoms with Crippen molar-refractivity contribution >= 4 is 39.1 Å². The number of nitrogens with zero attached hydrogens (tertiary/aromatic N) is 2. The molecule has 0 saturated heterocycles. The van der Waals surface area contributed by atoms with E-state index in [0.29, 0.717) is 15.9 Å². The van der Waals surface area contributed by atoms with E-state index in [1.165, 1.54) is 17.0 Å². The van der Waals surface area contributed by atoms with Crippen molar-refractivity contribution in [3.05, 3.63) is 94.0 Å². The molecule has 1 N–H and O–H groups in total. The van der Waals surface area contributed by atoms with Crippen LogP contribution in [0.3, 0.4) is 0 Å². The summed E-state index contributed by atoms with van der Waals surface area (Å²) in [7, 11) is -4.55. The van der Waals surface area contributed by atoms with E-state index in [0.717, 1.165) is 48.9 Å². The molecule has 2 amide bonds. The van der Waals surface area contributed by atoms with E-state index in [1.54, 1.807) is 26.0 Å². The molecule has 1 aliphatic rings. The number of rotatable bonds is 11. The number of sulfonamides is 1. The number of carbonyl (C=O) groups is 2. The maximum atomic E-state index is 14.2. The lowest BCUT2D eigenvalue weighted by atomic mass is 10.1. The monoisotopic (exact) mass is 663 g/mol. The molecule has 1 fully saturated rings. The van der Waals surface area contributed by atoms with Gasteiger partial charge in [0.2, 0.25) is 11.8 Å². The van der Waals surface area contributed by atoms with E-state index in [4.69, 9.17) is 11.6 Å². The molecule has 1 saturated carbocycles. The van der Waals surface area contributed by atoms with Gasteiger partial charge in [0.15, 0.2) is 0 Å². The van der Waals surface area contributed by atoms with Crippen LogP contribution in [0.15, 0.2) is 71.6 Å². The highest BCUT2D eigenvalue weighted by Crippen LogP contribution is 2.38. The van der Waals surface area contributed by atoms with E-state index < -0.39 is 45.3 Å². The summed E-state index contributed by atoms with van der Waals surface area (Å²) in [6, 6.07) is 14.9. The molecule has 4 rings (SSSR count). The Kier molecular flexibility index (Phi) is 10.9. The fourth-order valence-corrected chi connectivity index (χ4v) is 7.06. The molecule has 1 aliphatic carbocycles. The molecule has 0 radical (unpaired) electrons. The molecular weight excluding hydrogens is 627 g/mol. The lowest BCUT2D eigenvalue weighted by Crippen LogP contribution is -2.53. The van der Waals surface area contributed by atoms with Gasteiger partial charge in [0.25, 0.3) is 10.0 Å². The Morgan fingerprint density at radius 1 is 0.956 bits per heavy atom. The van der Waals surface area contributed by atoms with Crippen molar-refractivity contribution in [2.24, 2.45) is 0 Å². The summed E-state index contributed by atoms with van der Waals surface area (Å²) in [4.78, 5) is 28.9. The molecule has 7 nitrogen and oxygen atoms in total. The summed E-state index contributed by atoms with van der Waals surface area (Å²) in [6.07, 6.45) is -1.01. The van der Waals surface area contributed by atoms with Crippen molar-refractivity contribution in [3.63, 3.8) is 0 Å². The van der Waals surface area contributed by atoms with Gasteiger partial charge in [0, 0.05) is 12.6 Å². The Morgan fingerprint density at radius 3 is 2.09 bits per heavy atom. The Morgan fingerprint density at radius 2 is 1.53 bits per heavy atom. The van der Waals surface area contributed by atoms with Crippen LogP contribution in [0.2, 0.25) is 5.02 Å². The molecular formula is C33H37ClF3N3O4S. The summed E-state index contributed by atoms with van der Waals surface area (Å²) < 4.78 is 70.2. The van der Waals surface area contributed by atoms with Gasteiger partial charge in [-0.15, -0.1) is 0 Å². The van der Waals surface area contributed by atoms with Crippen LogP contribution in [-0.4, -0.2) is 43.8 Å². The van der Waals surface area contributed by atoms with E-state index in [-0.39, 0.29) is 35.5 Å². The second kappa shape index (κ2) is 14.2. The highest BCUT2D eigenvalue weighted by molar-refractivity contribution is 7.92. The van der Waals surface area contributed by atoms with Crippen LogP contribution in [0.4, 0.5) is 18.9 Å².